The molecule has 0 saturated heterocycles. The molecule has 0 amide bonds. The molecule has 17 heavy (non-hydrogen) atoms. The van der Waals surface area contributed by atoms with E-state index in [2.05, 4.69) is 4.72 Å². The summed E-state index contributed by atoms with van der Waals surface area (Å²) in [4.78, 5) is 10.7. The molecule has 1 rings (SSSR count). The summed E-state index contributed by atoms with van der Waals surface area (Å²) in [5.74, 6) is -1.05. The van der Waals surface area contributed by atoms with Crippen LogP contribution in [-0.4, -0.2) is 26.0 Å². The van der Waals surface area contributed by atoms with Gasteiger partial charge in [-0.1, -0.05) is 25.1 Å². The third-order valence-electron chi connectivity index (χ3n) is 2.15. The zero-order valence-corrected chi connectivity index (χ0v) is 10.3. The summed E-state index contributed by atoms with van der Waals surface area (Å²) in [5, 5.41) is 8.72. The van der Waals surface area contributed by atoms with Gasteiger partial charge in [-0.2, -0.15) is 0 Å². The van der Waals surface area contributed by atoms with Crippen LogP contribution in [0, 0.1) is 0 Å². The molecule has 5 nitrogen and oxygen atoms in total. The molecule has 0 aromatic heterocycles. The van der Waals surface area contributed by atoms with Crippen LogP contribution in [0.5, 0.6) is 0 Å². The van der Waals surface area contributed by atoms with Crippen LogP contribution in [0.25, 0.3) is 0 Å². The molecule has 0 saturated carbocycles. The number of hydrogen-bond acceptors (Lipinski definition) is 3. The van der Waals surface area contributed by atoms with Crippen LogP contribution in [0.15, 0.2) is 29.2 Å². The highest BCUT2D eigenvalue weighted by atomic mass is 32.2. The highest BCUT2D eigenvalue weighted by Gasteiger charge is 2.18. The van der Waals surface area contributed by atoms with Gasteiger partial charge in [-0.25, -0.2) is 13.1 Å². The number of sulfonamides is 1. The van der Waals surface area contributed by atoms with Gasteiger partial charge in [0.25, 0.3) is 0 Å². The number of aliphatic carboxylic acids is 1. The lowest BCUT2D eigenvalue weighted by atomic mass is 10.1. The topological polar surface area (TPSA) is 83.5 Å². The van der Waals surface area contributed by atoms with Gasteiger partial charge in [0.05, 0.1) is 11.3 Å². The van der Waals surface area contributed by atoms with Crippen molar-refractivity contribution in [1.82, 2.24) is 4.72 Å². The van der Waals surface area contributed by atoms with Crippen molar-refractivity contribution in [3.8, 4) is 0 Å². The molecular weight excluding hydrogens is 242 g/mol. The first-order chi connectivity index (χ1) is 7.97. The van der Waals surface area contributed by atoms with Crippen molar-refractivity contribution in [1.29, 1.82) is 0 Å². The molecule has 0 bridgehead atoms. The van der Waals surface area contributed by atoms with Crippen molar-refractivity contribution < 1.29 is 18.3 Å². The van der Waals surface area contributed by atoms with Gasteiger partial charge in [-0.05, 0) is 18.1 Å². The number of hydrogen-bond donors (Lipinski definition) is 2. The molecule has 0 aliphatic heterocycles. The lowest BCUT2D eigenvalue weighted by molar-refractivity contribution is -0.136. The molecule has 0 unspecified atom stereocenters. The molecule has 2 N–H and O–H groups in total. The fraction of sp³-hybridized carbons (Fsp3) is 0.364. The Hall–Kier alpha value is -1.40. The van der Waals surface area contributed by atoms with Crippen molar-refractivity contribution in [3.05, 3.63) is 29.8 Å². The quantitative estimate of drug-likeness (QED) is 0.796. The van der Waals surface area contributed by atoms with E-state index in [9.17, 15) is 13.2 Å². The number of carboxylic acids is 1. The molecule has 0 radical (unpaired) electrons. The lowest BCUT2D eigenvalue weighted by Gasteiger charge is -2.09. The molecular formula is C11H15NO4S. The first-order valence-electron chi connectivity index (χ1n) is 5.26. The van der Waals surface area contributed by atoms with Crippen molar-refractivity contribution >= 4 is 16.0 Å². The zero-order valence-electron chi connectivity index (χ0n) is 9.51. The first kappa shape index (κ1) is 13.7. The van der Waals surface area contributed by atoms with E-state index in [1.54, 1.807) is 12.1 Å². The van der Waals surface area contributed by atoms with Crippen molar-refractivity contribution in [2.24, 2.45) is 0 Å². The van der Waals surface area contributed by atoms with Gasteiger partial charge in [0.2, 0.25) is 10.0 Å². The maximum absolute atomic E-state index is 11.9. The summed E-state index contributed by atoms with van der Waals surface area (Å²) in [6.07, 6.45) is 0.379. The third kappa shape index (κ3) is 3.83. The van der Waals surface area contributed by atoms with Gasteiger partial charge in [0, 0.05) is 6.54 Å². The Labute approximate surface area is 101 Å². The van der Waals surface area contributed by atoms with E-state index in [-0.39, 0.29) is 11.3 Å². The van der Waals surface area contributed by atoms with Crippen LogP contribution in [0.3, 0.4) is 0 Å². The molecule has 0 atom stereocenters. The molecule has 0 aliphatic rings. The fourth-order valence-corrected chi connectivity index (χ4v) is 2.76. The maximum Gasteiger partial charge on any atom is 0.307 e. The summed E-state index contributed by atoms with van der Waals surface area (Å²) in [6.45, 7) is 2.19. The van der Waals surface area contributed by atoms with Gasteiger partial charge < -0.3 is 5.11 Å². The van der Waals surface area contributed by atoms with Crippen LogP contribution in [0.4, 0.5) is 0 Å². The van der Waals surface area contributed by atoms with Gasteiger partial charge in [0.1, 0.15) is 0 Å². The van der Waals surface area contributed by atoms with E-state index in [0.29, 0.717) is 18.5 Å². The van der Waals surface area contributed by atoms with E-state index in [0.717, 1.165) is 0 Å². The molecule has 1 aromatic carbocycles. The van der Waals surface area contributed by atoms with E-state index in [1.165, 1.54) is 12.1 Å². The van der Waals surface area contributed by atoms with Crippen molar-refractivity contribution in [2.75, 3.05) is 6.54 Å². The molecule has 94 valence electrons. The number of carbonyl (C=O) groups is 1. The highest BCUT2D eigenvalue weighted by Crippen LogP contribution is 2.15. The smallest absolute Gasteiger partial charge is 0.307 e. The van der Waals surface area contributed by atoms with Crippen LogP contribution in [0.1, 0.15) is 18.9 Å². The summed E-state index contributed by atoms with van der Waals surface area (Å²) < 4.78 is 26.2. The largest absolute Gasteiger partial charge is 0.481 e. The summed E-state index contributed by atoms with van der Waals surface area (Å²) in [7, 11) is -3.61. The first-order valence-corrected chi connectivity index (χ1v) is 6.75. The molecule has 1 aromatic rings. The number of carboxylic acid groups (broad SMARTS) is 1. The Kier molecular flexibility index (Phi) is 4.65. The summed E-state index contributed by atoms with van der Waals surface area (Å²) >= 11 is 0. The van der Waals surface area contributed by atoms with Crippen LogP contribution < -0.4 is 4.72 Å². The normalized spacial score (nSPS) is 11.4. The number of rotatable bonds is 6. The minimum Gasteiger partial charge on any atom is -0.481 e. The third-order valence-corrected chi connectivity index (χ3v) is 3.71. The van der Waals surface area contributed by atoms with Crippen LogP contribution in [-0.2, 0) is 21.2 Å². The predicted molar refractivity (Wildman–Crippen MR) is 63.3 cm³/mol. The van der Waals surface area contributed by atoms with Gasteiger partial charge in [-0.15, -0.1) is 0 Å². The summed E-state index contributed by atoms with van der Waals surface area (Å²) in [6, 6.07) is 6.12. The Morgan fingerprint density at radius 1 is 1.35 bits per heavy atom. The standard InChI is InChI=1S/C11H15NO4S/c1-2-7-12-17(15,16)10-6-4-3-5-9(10)8-11(13)14/h3-6,12H,2,7-8H2,1H3,(H,13,14). The minimum atomic E-state index is -3.61. The Bertz CT molecular complexity index is 496. The minimum absolute atomic E-state index is 0.0378. The van der Waals surface area contributed by atoms with E-state index >= 15 is 0 Å². The van der Waals surface area contributed by atoms with Gasteiger partial charge in [0.15, 0.2) is 0 Å². The Balaban J connectivity index is 3.08. The Morgan fingerprint density at radius 3 is 2.59 bits per heavy atom. The van der Waals surface area contributed by atoms with E-state index in [4.69, 9.17) is 5.11 Å². The second-order valence-corrected chi connectivity index (χ2v) is 5.31. The molecule has 0 spiro atoms. The molecule has 0 aliphatic carbocycles. The van der Waals surface area contributed by atoms with Crippen LogP contribution in [0.2, 0.25) is 0 Å². The number of nitrogens with one attached hydrogen (secondary N) is 1. The monoisotopic (exact) mass is 257 g/mol. The molecule has 0 heterocycles. The zero-order chi connectivity index (χ0) is 12.9. The SMILES string of the molecule is CCCNS(=O)(=O)c1ccccc1CC(=O)O. The van der Waals surface area contributed by atoms with Gasteiger partial charge >= 0.3 is 5.97 Å². The maximum atomic E-state index is 11.9. The van der Waals surface area contributed by atoms with Crippen molar-refractivity contribution in [3.63, 3.8) is 0 Å². The van der Waals surface area contributed by atoms with E-state index < -0.39 is 16.0 Å². The predicted octanol–water partition coefficient (Wildman–Crippen LogP) is 1.00. The fourth-order valence-electron chi connectivity index (χ4n) is 1.39. The average molecular weight is 257 g/mol. The molecule has 6 heteroatoms. The van der Waals surface area contributed by atoms with Crippen molar-refractivity contribution in [2.45, 2.75) is 24.7 Å². The average Bonchev–Trinajstić information content (AvgIpc) is 2.26. The van der Waals surface area contributed by atoms with E-state index in [1.807, 2.05) is 6.92 Å². The summed E-state index contributed by atoms with van der Waals surface area (Å²) in [5.41, 5.74) is 0.295. The second-order valence-electron chi connectivity index (χ2n) is 3.58. The van der Waals surface area contributed by atoms with Crippen LogP contribution >= 0.6 is 0 Å². The highest BCUT2D eigenvalue weighted by molar-refractivity contribution is 7.89. The Morgan fingerprint density at radius 2 is 2.00 bits per heavy atom. The number of benzene rings is 1. The lowest BCUT2D eigenvalue weighted by Crippen LogP contribution is -2.25. The second kappa shape index (κ2) is 5.79. The van der Waals surface area contributed by atoms with Gasteiger partial charge in [-0.3, -0.25) is 4.79 Å². The molecule has 0 fully saturated rings.